The Balaban J connectivity index is 2.46. The number of ether oxygens (including phenoxy) is 1. The van der Waals surface area contributed by atoms with E-state index in [1.54, 1.807) is 25.1 Å². The van der Waals surface area contributed by atoms with Crippen LogP contribution in [0.3, 0.4) is 0 Å². The number of halogens is 2. The van der Waals surface area contributed by atoms with Crippen molar-refractivity contribution in [2.75, 3.05) is 6.54 Å². The lowest BCUT2D eigenvalue weighted by atomic mass is 10.0. The maximum atomic E-state index is 11.9. The van der Waals surface area contributed by atoms with Crippen LogP contribution in [0.25, 0.3) is 0 Å². The van der Waals surface area contributed by atoms with Gasteiger partial charge in [-0.15, -0.1) is 0 Å². The Morgan fingerprint density at radius 2 is 1.96 bits per heavy atom. The zero-order valence-electron chi connectivity index (χ0n) is 13.7. The number of carbonyl (C=O) groups excluding carboxylic acids is 1. The molecule has 3 N–H and O–H groups in total. The van der Waals surface area contributed by atoms with Gasteiger partial charge in [0.15, 0.2) is 11.5 Å². The van der Waals surface area contributed by atoms with Gasteiger partial charge in [-0.2, -0.15) is 0 Å². The zero-order chi connectivity index (χ0) is 18.0. The van der Waals surface area contributed by atoms with Crippen molar-refractivity contribution in [1.82, 2.24) is 0 Å². The molecule has 0 saturated heterocycles. The highest BCUT2D eigenvalue weighted by Crippen LogP contribution is 2.41. The molecule has 0 aliphatic rings. The highest BCUT2D eigenvalue weighted by molar-refractivity contribution is 6.38. The molecule has 0 fully saturated rings. The van der Waals surface area contributed by atoms with Gasteiger partial charge in [-0.25, -0.2) is 0 Å². The first-order chi connectivity index (χ1) is 11.3. The Morgan fingerprint density at radius 3 is 2.54 bits per heavy atom. The lowest BCUT2D eigenvalue weighted by Crippen LogP contribution is -2.15. The van der Waals surface area contributed by atoms with Gasteiger partial charge in [0.2, 0.25) is 0 Å². The fraction of sp³-hybridized carbons (Fsp3) is 0.278. The van der Waals surface area contributed by atoms with Crippen molar-refractivity contribution >= 4 is 29.0 Å². The summed E-state index contributed by atoms with van der Waals surface area (Å²) in [5.74, 6) is 0.859. The van der Waals surface area contributed by atoms with E-state index in [2.05, 4.69) is 0 Å². The third-order valence-corrected chi connectivity index (χ3v) is 4.48. The molecule has 0 unspecified atom stereocenters. The number of ketones is 1. The summed E-state index contributed by atoms with van der Waals surface area (Å²) in [5.41, 5.74) is 7.11. The smallest absolute Gasteiger partial charge is 0.176 e. The van der Waals surface area contributed by atoms with Gasteiger partial charge in [-0.1, -0.05) is 37.0 Å². The van der Waals surface area contributed by atoms with Gasteiger partial charge in [0, 0.05) is 11.1 Å². The molecule has 2 aromatic rings. The number of aromatic hydroxyl groups is 1. The number of hydrogen-bond donors (Lipinski definition) is 2. The van der Waals surface area contributed by atoms with E-state index in [0.717, 1.165) is 5.56 Å². The first-order valence-corrected chi connectivity index (χ1v) is 8.24. The second-order valence-corrected chi connectivity index (χ2v) is 6.56. The van der Waals surface area contributed by atoms with Crippen molar-refractivity contribution in [2.24, 2.45) is 5.73 Å². The molecule has 4 nitrogen and oxygen atoms in total. The van der Waals surface area contributed by atoms with Crippen molar-refractivity contribution in [3.63, 3.8) is 0 Å². The van der Waals surface area contributed by atoms with Gasteiger partial charge in [0.25, 0.3) is 0 Å². The number of phenols is 1. The predicted molar refractivity (Wildman–Crippen MR) is 96.9 cm³/mol. The van der Waals surface area contributed by atoms with Crippen LogP contribution in [0.2, 0.25) is 10.0 Å². The average molecular weight is 368 g/mol. The van der Waals surface area contributed by atoms with E-state index in [4.69, 9.17) is 33.7 Å². The first kappa shape index (κ1) is 18.6. The van der Waals surface area contributed by atoms with Gasteiger partial charge < -0.3 is 15.6 Å². The van der Waals surface area contributed by atoms with Gasteiger partial charge in [-0.3, -0.25) is 4.79 Å². The summed E-state index contributed by atoms with van der Waals surface area (Å²) < 4.78 is 5.82. The standard InChI is InChI=1S/C18H19Cl2NO3/c1-9(2)12-6-11(4-5-15(12)22)24-18-14(19)7-13(16(23)8-21)10(3)17(18)20/h4-7,9,22H,8,21H2,1-3H3. The lowest BCUT2D eigenvalue weighted by molar-refractivity contribution is 0.100. The van der Waals surface area contributed by atoms with E-state index < -0.39 is 0 Å². The molecule has 6 heteroatoms. The summed E-state index contributed by atoms with van der Waals surface area (Å²) in [6.45, 7) is 5.53. The number of phenolic OH excluding ortho intramolecular Hbond substituents is 1. The molecule has 0 spiro atoms. The summed E-state index contributed by atoms with van der Waals surface area (Å²) >= 11 is 12.6. The second-order valence-electron chi connectivity index (χ2n) is 5.78. The molecule has 0 aliphatic carbocycles. The molecular weight excluding hydrogens is 349 g/mol. The van der Waals surface area contributed by atoms with Crippen LogP contribution in [0.15, 0.2) is 24.3 Å². The molecule has 2 rings (SSSR count). The Morgan fingerprint density at radius 1 is 1.29 bits per heavy atom. The number of rotatable bonds is 5. The summed E-state index contributed by atoms with van der Waals surface area (Å²) in [6.07, 6.45) is 0. The van der Waals surface area contributed by atoms with Crippen molar-refractivity contribution in [1.29, 1.82) is 0 Å². The fourth-order valence-corrected chi connectivity index (χ4v) is 2.90. The molecule has 0 heterocycles. The van der Waals surface area contributed by atoms with E-state index in [9.17, 15) is 9.90 Å². The number of benzene rings is 2. The molecule has 0 aromatic heterocycles. The summed E-state index contributed by atoms with van der Waals surface area (Å²) in [6, 6.07) is 6.44. The molecule has 128 valence electrons. The van der Waals surface area contributed by atoms with Crippen LogP contribution in [0, 0.1) is 6.92 Å². The Kier molecular flexibility index (Phi) is 5.75. The maximum Gasteiger partial charge on any atom is 0.176 e. The molecule has 2 aromatic carbocycles. The Bertz CT molecular complexity index is 788. The molecule has 0 radical (unpaired) electrons. The first-order valence-electron chi connectivity index (χ1n) is 7.48. The SMILES string of the molecule is Cc1c(C(=O)CN)cc(Cl)c(Oc2ccc(O)c(C(C)C)c2)c1Cl. The van der Waals surface area contributed by atoms with E-state index in [-0.39, 0.29) is 39.8 Å². The zero-order valence-corrected chi connectivity index (χ0v) is 15.2. The monoisotopic (exact) mass is 367 g/mol. The average Bonchev–Trinajstić information content (AvgIpc) is 2.55. The minimum absolute atomic E-state index is 0.122. The largest absolute Gasteiger partial charge is 0.508 e. The molecule has 0 amide bonds. The lowest BCUT2D eigenvalue weighted by Gasteiger charge is -2.16. The van der Waals surface area contributed by atoms with Gasteiger partial charge >= 0.3 is 0 Å². The molecule has 0 bridgehead atoms. The van der Waals surface area contributed by atoms with E-state index >= 15 is 0 Å². The second kappa shape index (κ2) is 7.43. The fourth-order valence-electron chi connectivity index (χ4n) is 2.36. The molecule has 0 aliphatic heterocycles. The van der Waals surface area contributed by atoms with E-state index in [0.29, 0.717) is 16.9 Å². The highest BCUT2D eigenvalue weighted by atomic mass is 35.5. The molecule has 0 atom stereocenters. The van der Waals surface area contributed by atoms with Gasteiger partial charge in [0.05, 0.1) is 16.6 Å². The topological polar surface area (TPSA) is 72.6 Å². The molecule has 24 heavy (non-hydrogen) atoms. The minimum Gasteiger partial charge on any atom is -0.508 e. The minimum atomic E-state index is -0.241. The van der Waals surface area contributed by atoms with Crippen LogP contribution < -0.4 is 10.5 Å². The number of Topliss-reactive ketones (excluding diaryl/α,β-unsaturated/α-hetero) is 1. The van der Waals surface area contributed by atoms with Crippen LogP contribution in [-0.4, -0.2) is 17.4 Å². The third-order valence-electron chi connectivity index (χ3n) is 3.75. The number of nitrogens with two attached hydrogens (primary N) is 1. The quantitative estimate of drug-likeness (QED) is 0.723. The van der Waals surface area contributed by atoms with Gasteiger partial charge in [0.1, 0.15) is 11.5 Å². The number of carbonyl (C=O) groups is 1. The molecular formula is C18H19Cl2NO3. The van der Waals surface area contributed by atoms with E-state index in [1.807, 2.05) is 13.8 Å². The normalized spacial score (nSPS) is 11.0. The summed E-state index contributed by atoms with van der Waals surface area (Å²) in [4.78, 5) is 11.9. The van der Waals surface area contributed by atoms with Crippen LogP contribution in [0.5, 0.6) is 17.2 Å². The van der Waals surface area contributed by atoms with Crippen molar-refractivity contribution < 1.29 is 14.6 Å². The highest BCUT2D eigenvalue weighted by Gasteiger charge is 2.19. The van der Waals surface area contributed by atoms with Crippen LogP contribution >= 0.6 is 23.2 Å². The number of hydrogen-bond acceptors (Lipinski definition) is 4. The Hall–Kier alpha value is -1.75. The summed E-state index contributed by atoms with van der Waals surface area (Å²) in [5, 5.41) is 10.4. The van der Waals surface area contributed by atoms with E-state index in [1.165, 1.54) is 6.07 Å². The van der Waals surface area contributed by atoms with Crippen molar-refractivity contribution in [3.8, 4) is 17.2 Å². The van der Waals surface area contributed by atoms with Crippen LogP contribution in [0.1, 0.15) is 41.3 Å². The van der Waals surface area contributed by atoms with Crippen molar-refractivity contribution in [3.05, 3.63) is 51.0 Å². The Labute approximate surface area is 151 Å². The predicted octanol–water partition coefficient (Wildman–Crippen LogP) is 5.06. The van der Waals surface area contributed by atoms with Crippen LogP contribution in [0.4, 0.5) is 0 Å². The van der Waals surface area contributed by atoms with Crippen molar-refractivity contribution in [2.45, 2.75) is 26.7 Å². The maximum absolute atomic E-state index is 11.9. The summed E-state index contributed by atoms with van der Waals surface area (Å²) in [7, 11) is 0. The molecule has 0 saturated carbocycles. The van der Waals surface area contributed by atoms with Crippen LogP contribution in [-0.2, 0) is 0 Å². The van der Waals surface area contributed by atoms with Gasteiger partial charge in [-0.05, 0) is 42.7 Å². The third kappa shape index (κ3) is 3.66.